The maximum absolute atomic E-state index is 11.2. The molecule has 0 aliphatic heterocycles. The highest BCUT2D eigenvalue weighted by atomic mass is 32.1. The zero-order chi connectivity index (χ0) is 23.2. The molecule has 0 aromatic heterocycles. The Morgan fingerprint density at radius 3 is 2.61 bits per heavy atom. The van der Waals surface area contributed by atoms with Crippen LogP contribution in [0.5, 0.6) is 11.5 Å². The van der Waals surface area contributed by atoms with Gasteiger partial charge in [0, 0.05) is 17.0 Å². The normalized spacial score (nSPS) is 19.0. The minimum absolute atomic E-state index is 0.0351. The minimum Gasteiger partial charge on any atom is -0.507 e. The fourth-order valence-corrected chi connectivity index (χ4v) is 4.57. The standard InChI is InChI=1S/C27H41NO2S/c1-8-10-11-12-20-16-23(29)25(22-15-19(5)13-14-21(22)18(3)4)24(17-20)30-26(31)28-27(6,7)9-2/h15-17,21-22,29H,3,8-14H2,1-2,4-7H3,(H,28,31)/t21-,22+/m0/s1. The van der Waals surface area contributed by atoms with Crippen LogP contribution in [0, 0.1) is 5.92 Å². The summed E-state index contributed by atoms with van der Waals surface area (Å²) in [6, 6.07) is 3.99. The molecule has 0 saturated heterocycles. The smallest absolute Gasteiger partial charge is 0.262 e. The number of phenolic OH excluding ortho intramolecular Hbond substituents is 1. The van der Waals surface area contributed by atoms with Gasteiger partial charge in [0.05, 0.1) is 0 Å². The van der Waals surface area contributed by atoms with Crippen LogP contribution in [0.4, 0.5) is 0 Å². The van der Waals surface area contributed by atoms with Gasteiger partial charge >= 0.3 is 0 Å². The average molecular weight is 444 g/mol. The van der Waals surface area contributed by atoms with Gasteiger partial charge in [0.25, 0.3) is 5.17 Å². The lowest BCUT2D eigenvalue weighted by Gasteiger charge is -2.32. The van der Waals surface area contributed by atoms with Crippen LogP contribution in [0.3, 0.4) is 0 Å². The highest BCUT2D eigenvalue weighted by molar-refractivity contribution is 7.80. The van der Waals surface area contributed by atoms with Gasteiger partial charge in [-0.15, -0.1) is 0 Å². The Labute approximate surface area is 195 Å². The quantitative estimate of drug-likeness (QED) is 0.234. The number of allylic oxidation sites excluding steroid dienone is 3. The molecule has 1 aliphatic rings. The van der Waals surface area contributed by atoms with Gasteiger partial charge in [0.2, 0.25) is 0 Å². The molecule has 0 unspecified atom stereocenters. The van der Waals surface area contributed by atoms with Crippen molar-refractivity contribution in [1.29, 1.82) is 0 Å². The molecule has 0 spiro atoms. The number of aromatic hydroxyl groups is 1. The summed E-state index contributed by atoms with van der Waals surface area (Å²) >= 11 is 5.56. The van der Waals surface area contributed by atoms with Crippen LogP contribution >= 0.6 is 12.2 Å². The summed E-state index contributed by atoms with van der Waals surface area (Å²) in [6.07, 6.45) is 9.64. The first kappa shape index (κ1) is 25.5. The van der Waals surface area contributed by atoms with E-state index in [0.29, 0.717) is 16.7 Å². The predicted octanol–water partition coefficient (Wildman–Crippen LogP) is 7.58. The van der Waals surface area contributed by atoms with Crippen molar-refractivity contribution in [3.8, 4) is 11.5 Å². The Hall–Kier alpha value is -1.81. The van der Waals surface area contributed by atoms with Gasteiger partial charge in [-0.25, -0.2) is 0 Å². The van der Waals surface area contributed by atoms with Crippen molar-refractivity contribution in [2.24, 2.45) is 5.92 Å². The summed E-state index contributed by atoms with van der Waals surface area (Å²) in [4.78, 5) is 0. The van der Waals surface area contributed by atoms with Crippen molar-refractivity contribution in [2.45, 2.75) is 97.9 Å². The SMILES string of the molecule is C=C(C)[C@@H]1CCC(C)=C[C@H]1c1c(O)cc(CCCCC)cc1OC(=S)NC(C)(C)CC. The second-order valence-electron chi connectivity index (χ2n) is 9.77. The number of aryl methyl sites for hydroxylation is 1. The highest BCUT2D eigenvalue weighted by Gasteiger charge is 2.31. The van der Waals surface area contributed by atoms with Crippen molar-refractivity contribution >= 4 is 17.4 Å². The molecular weight excluding hydrogens is 402 g/mol. The first-order chi connectivity index (χ1) is 14.6. The van der Waals surface area contributed by atoms with Crippen molar-refractivity contribution in [1.82, 2.24) is 5.32 Å². The lowest BCUT2D eigenvalue weighted by atomic mass is 9.73. The van der Waals surface area contributed by atoms with Crippen LogP contribution in [0.2, 0.25) is 0 Å². The second kappa shape index (κ2) is 11.2. The molecule has 0 bridgehead atoms. The predicted molar refractivity (Wildman–Crippen MR) is 136 cm³/mol. The first-order valence-corrected chi connectivity index (χ1v) is 12.2. The van der Waals surface area contributed by atoms with Crippen LogP contribution in [0.25, 0.3) is 0 Å². The van der Waals surface area contributed by atoms with Crippen LogP contribution < -0.4 is 10.1 Å². The van der Waals surface area contributed by atoms with E-state index in [1.807, 2.05) is 6.07 Å². The van der Waals surface area contributed by atoms with Gasteiger partial charge in [-0.1, -0.05) is 50.5 Å². The number of benzene rings is 1. The van der Waals surface area contributed by atoms with Gasteiger partial charge in [-0.3, -0.25) is 0 Å². The monoisotopic (exact) mass is 443 g/mol. The summed E-state index contributed by atoms with van der Waals surface area (Å²) in [7, 11) is 0. The molecule has 172 valence electrons. The molecule has 4 heteroatoms. The number of thiocarbonyl (C=S) groups is 1. The Kier molecular flexibility index (Phi) is 9.17. The molecule has 1 aliphatic carbocycles. The number of unbranched alkanes of at least 4 members (excludes halogenated alkanes) is 2. The van der Waals surface area contributed by atoms with E-state index in [1.54, 1.807) is 0 Å². The minimum atomic E-state index is -0.153. The third-order valence-corrected chi connectivity index (χ3v) is 6.67. The number of phenols is 1. The molecule has 1 aromatic rings. The molecule has 0 amide bonds. The molecule has 0 saturated carbocycles. The van der Waals surface area contributed by atoms with Gasteiger partial charge < -0.3 is 15.2 Å². The van der Waals surface area contributed by atoms with Gasteiger partial charge in [0.15, 0.2) is 0 Å². The van der Waals surface area contributed by atoms with E-state index in [9.17, 15) is 5.11 Å². The lowest BCUT2D eigenvalue weighted by molar-refractivity contribution is 0.394. The van der Waals surface area contributed by atoms with E-state index < -0.39 is 0 Å². The van der Waals surface area contributed by atoms with E-state index in [4.69, 9.17) is 17.0 Å². The summed E-state index contributed by atoms with van der Waals surface area (Å²) in [5.74, 6) is 1.27. The number of ether oxygens (including phenoxy) is 1. The Morgan fingerprint density at radius 2 is 2.00 bits per heavy atom. The largest absolute Gasteiger partial charge is 0.507 e. The molecule has 0 radical (unpaired) electrons. The Bertz CT molecular complexity index is 825. The number of nitrogens with one attached hydrogen (secondary N) is 1. The van der Waals surface area contributed by atoms with E-state index in [0.717, 1.165) is 48.8 Å². The summed E-state index contributed by atoms with van der Waals surface area (Å²) in [5, 5.41) is 14.8. The van der Waals surface area contributed by atoms with Gasteiger partial charge in [0.1, 0.15) is 11.5 Å². The maximum atomic E-state index is 11.2. The molecule has 3 nitrogen and oxygen atoms in total. The van der Waals surface area contributed by atoms with Crippen molar-refractivity contribution in [3.05, 3.63) is 47.1 Å². The topological polar surface area (TPSA) is 41.5 Å². The van der Waals surface area contributed by atoms with Crippen LogP contribution in [-0.4, -0.2) is 15.8 Å². The fraction of sp³-hybridized carbons (Fsp3) is 0.593. The second-order valence-corrected chi connectivity index (χ2v) is 10.1. The van der Waals surface area contributed by atoms with Gasteiger partial charge in [-0.05, 0) is 95.6 Å². The van der Waals surface area contributed by atoms with Crippen LogP contribution in [-0.2, 0) is 6.42 Å². The van der Waals surface area contributed by atoms with Crippen LogP contribution in [0.1, 0.15) is 97.1 Å². The van der Waals surface area contributed by atoms with Gasteiger partial charge in [-0.2, -0.15) is 0 Å². The van der Waals surface area contributed by atoms with Crippen molar-refractivity contribution < 1.29 is 9.84 Å². The van der Waals surface area contributed by atoms with Crippen molar-refractivity contribution in [3.63, 3.8) is 0 Å². The van der Waals surface area contributed by atoms with E-state index >= 15 is 0 Å². The van der Waals surface area contributed by atoms with Crippen LogP contribution in [0.15, 0.2) is 35.9 Å². The summed E-state index contributed by atoms with van der Waals surface area (Å²) < 4.78 is 6.23. The molecule has 2 atom stereocenters. The zero-order valence-electron chi connectivity index (χ0n) is 20.3. The van der Waals surface area contributed by atoms with Crippen molar-refractivity contribution in [2.75, 3.05) is 0 Å². The third-order valence-electron chi connectivity index (χ3n) is 6.49. The zero-order valence-corrected chi connectivity index (χ0v) is 21.1. The summed E-state index contributed by atoms with van der Waals surface area (Å²) in [5.41, 5.74) is 4.24. The van der Waals surface area contributed by atoms with E-state index in [-0.39, 0.29) is 17.4 Å². The Balaban J connectivity index is 2.48. The number of hydrogen-bond acceptors (Lipinski definition) is 3. The lowest BCUT2D eigenvalue weighted by Crippen LogP contribution is -2.44. The molecular formula is C27H41NO2S. The number of hydrogen-bond donors (Lipinski definition) is 2. The Morgan fingerprint density at radius 1 is 1.29 bits per heavy atom. The highest BCUT2D eigenvalue weighted by Crippen LogP contribution is 2.47. The first-order valence-electron chi connectivity index (χ1n) is 11.8. The molecule has 2 rings (SSSR count). The van der Waals surface area contributed by atoms with E-state index in [2.05, 4.69) is 65.6 Å². The summed E-state index contributed by atoms with van der Waals surface area (Å²) in [6.45, 7) is 17.0. The number of rotatable bonds is 9. The maximum Gasteiger partial charge on any atom is 0.262 e. The average Bonchev–Trinajstić information content (AvgIpc) is 2.67. The third kappa shape index (κ3) is 7.10. The molecule has 31 heavy (non-hydrogen) atoms. The van der Waals surface area contributed by atoms with E-state index in [1.165, 1.54) is 18.4 Å². The molecule has 1 aromatic carbocycles. The fourth-order valence-electron chi connectivity index (χ4n) is 4.21. The molecule has 0 heterocycles. The molecule has 0 fully saturated rings. The molecule has 2 N–H and O–H groups in total.